The summed E-state index contributed by atoms with van der Waals surface area (Å²) in [4.78, 5) is 35.1. The van der Waals surface area contributed by atoms with Gasteiger partial charge in [-0.2, -0.15) is 0 Å². The smallest absolute Gasteiger partial charge is 0.407 e. The van der Waals surface area contributed by atoms with E-state index in [0.29, 0.717) is 18.8 Å². The first-order valence-electron chi connectivity index (χ1n) is 14.2. The number of rotatable bonds is 6. The van der Waals surface area contributed by atoms with E-state index in [0.717, 1.165) is 18.2 Å². The molecule has 1 aromatic carbocycles. The van der Waals surface area contributed by atoms with Crippen LogP contribution in [0.15, 0.2) is 36.7 Å². The number of amides is 2. The molecule has 2 amide bonds. The molecule has 2 aliphatic rings. The third-order valence-corrected chi connectivity index (χ3v) is 8.17. The highest BCUT2D eigenvalue weighted by Crippen LogP contribution is 2.39. The van der Waals surface area contributed by atoms with Crippen LogP contribution in [0.5, 0.6) is 0 Å². The number of carbonyl (C=O) groups excluding carboxylic acids is 2. The number of alkyl carbamates (subject to hydrolysis) is 1. The molecule has 3 atom stereocenters. The van der Waals surface area contributed by atoms with E-state index in [1.54, 1.807) is 6.07 Å². The third-order valence-electron chi connectivity index (χ3n) is 8.17. The van der Waals surface area contributed by atoms with E-state index < -0.39 is 58.1 Å². The van der Waals surface area contributed by atoms with E-state index in [2.05, 4.69) is 20.6 Å². The average Bonchev–Trinajstić information content (AvgIpc) is 3.00. The number of aromatic nitrogens is 2. The van der Waals surface area contributed by atoms with Crippen molar-refractivity contribution in [2.45, 2.75) is 37.5 Å². The summed E-state index contributed by atoms with van der Waals surface area (Å²) < 4.78 is 70.9. The summed E-state index contributed by atoms with van der Waals surface area (Å²) in [7, 11) is 1.26. The van der Waals surface area contributed by atoms with Crippen LogP contribution in [0.25, 0.3) is 11.3 Å². The van der Waals surface area contributed by atoms with Crippen molar-refractivity contribution in [3.63, 3.8) is 0 Å². The minimum absolute atomic E-state index is 0.0868. The number of halogens is 4. The molecule has 11 nitrogen and oxygen atoms in total. The molecule has 4 heterocycles. The van der Waals surface area contributed by atoms with Crippen molar-refractivity contribution in [2.75, 3.05) is 49.4 Å². The molecule has 0 spiro atoms. The predicted molar refractivity (Wildman–Crippen MR) is 158 cm³/mol. The lowest BCUT2D eigenvalue weighted by molar-refractivity contribution is -0.0117. The van der Waals surface area contributed by atoms with E-state index in [1.807, 2.05) is 11.8 Å². The van der Waals surface area contributed by atoms with Gasteiger partial charge in [-0.15, -0.1) is 0 Å². The fourth-order valence-electron chi connectivity index (χ4n) is 5.81. The molecule has 6 N–H and O–H groups in total. The normalized spacial score (nSPS) is 21.2. The van der Waals surface area contributed by atoms with Crippen LogP contribution < -0.4 is 27.0 Å². The maximum absolute atomic E-state index is 15.4. The number of nitrogens with zero attached hydrogens (tertiary/aromatic N) is 3. The lowest BCUT2D eigenvalue weighted by atomic mass is 9.87. The summed E-state index contributed by atoms with van der Waals surface area (Å²) >= 11 is 0. The molecule has 0 unspecified atom stereocenters. The Morgan fingerprint density at radius 3 is 2.44 bits per heavy atom. The van der Waals surface area contributed by atoms with Crippen LogP contribution in [0.1, 0.15) is 35.8 Å². The number of alkyl halides is 1. The number of piperidine rings is 1. The Kier molecular flexibility index (Phi) is 9.11. The van der Waals surface area contributed by atoms with E-state index in [4.69, 9.17) is 20.9 Å². The van der Waals surface area contributed by atoms with E-state index in [9.17, 15) is 9.59 Å². The van der Waals surface area contributed by atoms with Gasteiger partial charge in [0.2, 0.25) is 0 Å². The van der Waals surface area contributed by atoms with Crippen LogP contribution >= 0.6 is 0 Å². The Labute approximate surface area is 256 Å². The monoisotopic (exact) mass is 631 g/mol. The number of nitrogens with one attached hydrogen (secondary N) is 2. The molecule has 2 fully saturated rings. The molecule has 3 aromatic rings. The van der Waals surface area contributed by atoms with Crippen molar-refractivity contribution < 1.29 is 36.6 Å². The summed E-state index contributed by atoms with van der Waals surface area (Å²) in [5.41, 5.74) is 8.27. The number of benzene rings is 1. The second-order valence-corrected chi connectivity index (χ2v) is 11.2. The van der Waals surface area contributed by atoms with E-state index in [1.165, 1.54) is 19.5 Å². The molecule has 0 aliphatic carbocycles. The standard InChI is InChI=1S/C30H33F4N7O4/c1-15-13-41(14-21(36)25(15)40-29(43)44-2)23-3-6-37-12-22(23)38-28(42)27-20(35)11-19(33)26(39-27)24-17(31)9-16(10-18(24)32)30(34)4-7-45-8-5-30/h3,6,9-12,15,21,25H,4-5,7-8,13-14,35-36H2,1-2H3,(H,38,42)(H,40,43)/t15-,21+,25-/m0/s1. The molecular formula is C30H33F4N7O4. The molecule has 0 bridgehead atoms. The molecule has 240 valence electrons. The fourth-order valence-corrected chi connectivity index (χ4v) is 5.81. The van der Waals surface area contributed by atoms with Gasteiger partial charge in [0.1, 0.15) is 23.0 Å². The summed E-state index contributed by atoms with van der Waals surface area (Å²) in [5.74, 6) is -4.69. The summed E-state index contributed by atoms with van der Waals surface area (Å²) in [6, 6.07) is 3.15. The predicted octanol–water partition coefficient (Wildman–Crippen LogP) is 3.88. The van der Waals surface area contributed by atoms with Crippen LogP contribution in [0.3, 0.4) is 0 Å². The zero-order valence-corrected chi connectivity index (χ0v) is 24.6. The second-order valence-electron chi connectivity index (χ2n) is 11.2. The molecule has 2 saturated heterocycles. The van der Waals surface area contributed by atoms with Crippen molar-refractivity contribution in [3.8, 4) is 11.3 Å². The molecular weight excluding hydrogens is 598 g/mol. The lowest BCUT2D eigenvalue weighted by Crippen LogP contribution is -2.62. The zero-order valence-electron chi connectivity index (χ0n) is 24.6. The topological polar surface area (TPSA) is 158 Å². The Morgan fingerprint density at radius 2 is 1.80 bits per heavy atom. The van der Waals surface area contributed by atoms with Crippen molar-refractivity contribution in [3.05, 3.63) is 65.4 Å². The number of methoxy groups -OCH3 is 1. The van der Waals surface area contributed by atoms with Gasteiger partial charge in [-0.3, -0.25) is 9.78 Å². The summed E-state index contributed by atoms with van der Waals surface area (Å²) in [6.45, 7) is 2.82. The van der Waals surface area contributed by atoms with Crippen LogP contribution in [0.4, 0.5) is 39.4 Å². The zero-order chi connectivity index (χ0) is 32.5. The first-order chi connectivity index (χ1) is 21.4. The van der Waals surface area contributed by atoms with Gasteiger partial charge in [-0.05, 0) is 29.7 Å². The Balaban J connectivity index is 1.41. The number of anilines is 3. The first kappa shape index (κ1) is 31.9. The van der Waals surface area contributed by atoms with E-state index in [-0.39, 0.29) is 55.0 Å². The maximum atomic E-state index is 15.4. The molecule has 15 heteroatoms. The minimum atomic E-state index is -2.01. The van der Waals surface area contributed by atoms with Gasteiger partial charge in [-0.25, -0.2) is 27.3 Å². The highest BCUT2D eigenvalue weighted by Gasteiger charge is 2.37. The highest BCUT2D eigenvalue weighted by atomic mass is 19.1. The van der Waals surface area contributed by atoms with Crippen molar-refractivity contribution in [1.29, 1.82) is 0 Å². The van der Waals surface area contributed by atoms with Gasteiger partial charge in [0.05, 0.1) is 42.0 Å². The van der Waals surface area contributed by atoms with Crippen molar-refractivity contribution in [1.82, 2.24) is 15.3 Å². The minimum Gasteiger partial charge on any atom is -0.453 e. The third kappa shape index (κ3) is 6.49. The number of nitrogens with two attached hydrogens (primary N) is 2. The highest BCUT2D eigenvalue weighted by molar-refractivity contribution is 6.08. The summed E-state index contributed by atoms with van der Waals surface area (Å²) in [5, 5.41) is 5.39. The molecule has 2 aromatic heterocycles. The van der Waals surface area contributed by atoms with Crippen LogP contribution in [0, 0.1) is 23.4 Å². The SMILES string of the molecule is COC(=O)N[C@@H]1[C@H](N)CN(c2ccncc2NC(=O)c2nc(-c3c(F)cc(C4(F)CCOCC4)cc3F)c(F)cc2N)C[C@@H]1C. The Hall–Kier alpha value is -4.50. The van der Waals surface area contributed by atoms with Crippen molar-refractivity contribution in [2.24, 2.45) is 11.7 Å². The molecule has 5 rings (SSSR count). The number of carbonyl (C=O) groups is 2. The van der Waals surface area contributed by atoms with Crippen LogP contribution in [-0.2, 0) is 15.1 Å². The quantitative estimate of drug-likeness (QED) is 0.297. The maximum Gasteiger partial charge on any atom is 0.407 e. The largest absolute Gasteiger partial charge is 0.453 e. The fraction of sp³-hybridized carbons (Fsp3) is 0.400. The van der Waals surface area contributed by atoms with Gasteiger partial charge in [-0.1, -0.05) is 6.92 Å². The lowest BCUT2D eigenvalue weighted by Gasteiger charge is -2.42. The Morgan fingerprint density at radius 1 is 1.11 bits per heavy atom. The number of pyridine rings is 2. The van der Waals surface area contributed by atoms with Gasteiger partial charge in [0, 0.05) is 57.4 Å². The number of nitrogen functional groups attached to an aromatic ring is 1. The van der Waals surface area contributed by atoms with Crippen LogP contribution in [0.2, 0.25) is 0 Å². The Bertz CT molecular complexity index is 1570. The van der Waals surface area contributed by atoms with Gasteiger partial charge >= 0.3 is 6.09 Å². The summed E-state index contributed by atoms with van der Waals surface area (Å²) in [6.07, 6.45) is 2.11. The molecule has 0 saturated carbocycles. The van der Waals surface area contributed by atoms with Crippen molar-refractivity contribution >= 4 is 29.1 Å². The first-order valence-corrected chi connectivity index (χ1v) is 14.2. The molecule has 2 aliphatic heterocycles. The van der Waals surface area contributed by atoms with Gasteiger partial charge in [0.15, 0.2) is 11.5 Å². The number of hydrogen-bond acceptors (Lipinski definition) is 9. The van der Waals surface area contributed by atoms with Gasteiger partial charge in [0.25, 0.3) is 5.91 Å². The molecule has 0 radical (unpaired) electrons. The number of hydrogen-bond donors (Lipinski definition) is 4. The molecule has 45 heavy (non-hydrogen) atoms. The average molecular weight is 632 g/mol. The van der Waals surface area contributed by atoms with Gasteiger partial charge < -0.3 is 36.5 Å². The second kappa shape index (κ2) is 12.9. The van der Waals surface area contributed by atoms with E-state index >= 15 is 17.6 Å². The number of ether oxygens (including phenoxy) is 2. The van der Waals surface area contributed by atoms with Crippen LogP contribution in [-0.4, -0.2) is 67.5 Å².